The number of ketones is 1. The van der Waals surface area contributed by atoms with E-state index in [2.05, 4.69) is 6.58 Å². The molecule has 0 saturated carbocycles. The van der Waals surface area contributed by atoms with Crippen LogP contribution in [0.4, 0.5) is 0 Å². The molecule has 1 aromatic carbocycles. The smallest absolute Gasteiger partial charge is 0.186 e. The minimum absolute atomic E-state index is 0.114. The van der Waals surface area contributed by atoms with Gasteiger partial charge in [0.1, 0.15) is 11.5 Å². The van der Waals surface area contributed by atoms with Gasteiger partial charge in [-0.1, -0.05) is 18.7 Å². The van der Waals surface area contributed by atoms with E-state index in [0.717, 1.165) is 0 Å². The molecule has 16 heavy (non-hydrogen) atoms. The molecule has 0 fully saturated rings. The number of benzene rings is 1. The number of allylic oxidation sites excluding steroid dienone is 3. The van der Waals surface area contributed by atoms with Gasteiger partial charge in [0.05, 0.1) is 14.2 Å². The van der Waals surface area contributed by atoms with Gasteiger partial charge in [-0.3, -0.25) is 4.79 Å². The van der Waals surface area contributed by atoms with Crippen LogP contribution in [0, 0.1) is 0 Å². The van der Waals surface area contributed by atoms with Crippen LogP contribution in [-0.2, 0) is 0 Å². The van der Waals surface area contributed by atoms with Gasteiger partial charge < -0.3 is 9.47 Å². The quantitative estimate of drug-likeness (QED) is 0.433. The van der Waals surface area contributed by atoms with E-state index in [0.29, 0.717) is 17.1 Å². The van der Waals surface area contributed by atoms with E-state index in [1.807, 2.05) is 0 Å². The van der Waals surface area contributed by atoms with Crippen LogP contribution < -0.4 is 9.47 Å². The second kappa shape index (κ2) is 5.75. The number of hydrogen-bond donors (Lipinski definition) is 0. The Morgan fingerprint density at radius 1 is 1.19 bits per heavy atom. The van der Waals surface area contributed by atoms with E-state index in [4.69, 9.17) is 9.47 Å². The molecule has 0 saturated heterocycles. The lowest BCUT2D eigenvalue weighted by Gasteiger charge is -2.06. The molecule has 0 aliphatic rings. The van der Waals surface area contributed by atoms with Crippen molar-refractivity contribution in [3.05, 3.63) is 48.6 Å². The molecule has 0 radical (unpaired) electrons. The zero-order valence-corrected chi connectivity index (χ0v) is 9.40. The topological polar surface area (TPSA) is 35.5 Å². The Labute approximate surface area is 95.0 Å². The summed E-state index contributed by atoms with van der Waals surface area (Å²) in [7, 11) is 3.09. The minimum atomic E-state index is -0.114. The average Bonchev–Trinajstić information content (AvgIpc) is 2.35. The Morgan fingerprint density at radius 3 is 2.19 bits per heavy atom. The third-order valence-corrected chi connectivity index (χ3v) is 2.02. The third kappa shape index (κ3) is 2.98. The highest BCUT2D eigenvalue weighted by atomic mass is 16.5. The largest absolute Gasteiger partial charge is 0.497 e. The zero-order chi connectivity index (χ0) is 12.0. The Morgan fingerprint density at radius 2 is 1.75 bits per heavy atom. The molecule has 1 rings (SSSR count). The number of rotatable bonds is 5. The highest BCUT2D eigenvalue weighted by molar-refractivity contribution is 6.05. The van der Waals surface area contributed by atoms with Crippen LogP contribution in [0.3, 0.4) is 0 Å². The van der Waals surface area contributed by atoms with Gasteiger partial charge in [-0.2, -0.15) is 0 Å². The summed E-state index contributed by atoms with van der Waals surface area (Å²) in [5.74, 6) is 1.07. The minimum Gasteiger partial charge on any atom is -0.497 e. The van der Waals surface area contributed by atoms with E-state index in [-0.39, 0.29) is 5.78 Å². The Hall–Kier alpha value is -2.03. The molecule has 0 aromatic heterocycles. The Balaban J connectivity index is 3.07. The fourth-order valence-electron chi connectivity index (χ4n) is 1.20. The summed E-state index contributed by atoms with van der Waals surface area (Å²) in [5, 5.41) is 0. The van der Waals surface area contributed by atoms with Gasteiger partial charge in [0.15, 0.2) is 5.78 Å². The standard InChI is InChI=1S/C13H14O3/c1-4-5-6-13(14)10-7-11(15-2)9-12(8-10)16-3/h4-9H,1H2,2-3H3. The molecule has 0 amide bonds. The lowest BCUT2D eigenvalue weighted by molar-refractivity contribution is 0.104. The number of carbonyl (C=O) groups is 1. The van der Waals surface area contributed by atoms with Crippen LogP contribution in [0.2, 0.25) is 0 Å². The first kappa shape index (κ1) is 12.0. The molecular formula is C13H14O3. The average molecular weight is 218 g/mol. The van der Waals surface area contributed by atoms with Crippen LogP contribution in [0.15, 0.2) is 43.0 Å². The van der Waals surface area contributed by atoms with Crippen molar-refractivity contribution in [1.29, 1.82) is 0 Å². The van der Waals surface area contributed by atoms with Crippen molar-refractivity contribution in [2.24, 2.45) is 0 Å². The first-order valence-electron chi connectivity index (χ1n) is 4.77. The van der Waals surface area contributed by atoms with Crippen molar-refractivity contribution in [1.82, 2.24) is 0 Å². The van der Waals surface area contributed by atoms with Crippen LogP contribution in [-0.4, -0.2) is 20.0 Å². The summed E-state index contributed by atoms with van der Waals surface area (Å²) in [6.45, 7) is 3.51. The molecule has 0 heterocycles. The molecule has 84 valence electrons. The molecule has 0 atom stereocenters. The van der Waals surface area contributed by atoms with Crippen molar-refractivity contribution in [3.63, 3.8) is 0 Å². The molecule has 0 unspecified atom stereocenters. The van der Waals surface area contributed by atoms with E-state index in [1.54, 1.807) is 44.6 Å². The summed E-state index contributed by atoms with van der Waals surface area (Å²) >= 11 is 0. The van der Waals surface area contributed by atoms with E-state index in [1.165, 1.54) is 6.08 Å². The number of hydrogen-bond acceptors (Lipinski definition) is 3. The molecule has 3 heteroatoms. The van der Waals surface area contributed by atoms with Gasteiger partial charge in [0.25, 0.3) is 0 Å². The van der Waals surface area contributed by atoms with Gasteiger partial charge in [0.2, 0.25) is 0 Å². The first-order chi connectivity index (χ1) is 7.71. The van der Waals surface area contributed by atoms with Crippen LogP contribution in [0.5, 0.6) is 11.5 Å². The summed E-state index contributed by atoms with van der Waals surface area (Å²) in [6.07, 6.45) is 4.59. The number of carbonyl (C=O) groups excluding carboxylic acids is 1. The summed E-state index contributed by atoms with van der Waals surface area (Å²) in [5.41, 5.74) is 0.522. The zero-order valence-electron chi connectivity index (χ0n) is 9.40. The molecule has 0 spiro atoms. The second-order valence-corrected chi connectivity index (χ2v) is 3.06. The van der Waals surface area contributed by atoms with Gasteiger partial charge in [-0.05, 0) is 18.2 Å². The van der Waals surface area contributed by atoms with Gasteiger partial charge in [-0.15, -0.1) is 0 Å². The molecule has 0 N–H and O–H groups in total. The van der Waals surface area contributed by atoms with Crippen molar-refractivity contribution in [2.45, 2.75) is 0 Å². The fourth-order valence-corrected chi connectivity index (χ4v) is 1.20. The van der Waals surface area contributed by atoms with Crippen LogP contribution >= 0.6 is 0 Å². The predicted octanol–water partition coefficient (Wildman–Crippen LogP) is 2.63. The molecule has 0 aliphatic carbocycles. The summed E-state index contributed by atoms with van der Waals surface area (Å²) < 4.78 is 10.2. The van der Waals surface area contributed by atoms with Gasteiger partial charge in [0, 0.05) is 11.6 Å². The number of ether oxygens (including phenoxy) is 2. The molecule has 0 aliphatic heterocycles. The van der Waals surface area contributed by atoms with Crippen LogP contribution in [0.25, 0.3) is 0 Å². The van der Waals surface area contributed by atoms with Crippen molar-refractivity contribution < 1.29 is 14.3 Å². The van der Waals surface area contributed by atoms with Crippen LogP contribution in [0.1, 0.15) is 10.4 Å². The third-order valence-electron chi connectivity index (χ3n) is 2.02. The second-order valence-electron chi connectivity index (χ2n) is 3.06. The predicted molar refractivity (Wildman–Crippen MR) is 63.2 cm³/mol. The van der Waals surface area contributed by atoms with E-state index in [9.17, 15) is 4.79 Å². The molecular weight excluding hydrogens is 204 g/mol. The monoisotopic (exact) mass is 218 g/mol. The number of methoxy groups -OCH3 is 2. The molecule has 1 aromatic rings. The lowest BCUT2D eigenvalue weighted by Crippen LogP contribution is -1.97. The highest BCUT2D eigenvalue weighted by Gasteiger charge is 2.06. The van der Waals surface area contributed by atoms with E-state index < -0.39 is 0 Å². The molecule has 0 bridgehead atoms. The van der Waals surface area contributed by atoms with Crippen molar-refractivity contribution >= 4 is 5.78 Å². The first-order valence-corrected chi connectivity index (χ1v) is 4.77. The molecule has 3 nitrogen and oxygen atoms in total. The van der Waals surface area contributed by atoms with Gasteiger partial charge in [-0.25, -0.2) is 0 Å². The maximum atomic E-state index is 11.7. The summed E-state index contributed by atoms with van der Waals surface area (Å²) in [6, 6.07) is 5.05. The highest BCUT2D eigenvalue weighted by Crippen LogP contribution is 2.22. The summed E-state index contributed by atoms with van der Waals surface area (Å²) in [4.78, 5) is 11.7. The van der Waals surface area contributed by atoms with Gasteiger partial charge >= 0.3 is 0 Å². The SMILES string of the molecule is C=CC=CC(=O)c1cc(OC)cc(OC)c1. The fraction of sp³-hybridized carbons (Fsp3) is 0.154. The Kier molecular flexibility index (Phi) is 4.33. The van der Waals surface area contributed by atoms with Crippen molar-refractivity contribution in [2.75, 3.05) is 14.2 Å². The lowest BCUT2D eigenvalue weighted by atomic mass is 10.1. The van der Waals surface area contributed by atoms with E-state index >= 15 is 0 Å². The normalized spacial score (nSPS) is 10.1. The Bertz CT molecular complexity index is 397. The van der Waals surface area contributed by atoms with Crippen molar-refractivity contribution in [3.8, 4) is 11.5 Å². The maximum absolute atomic E-state index is 11.7. The maximum Gasteiger partial charge on any atom is 0.186 e.